The number of carbonyl (C=O) groups excluding carboxylic acids is 1. The van der Waals surface area contributed by atoms with E-state index in [0.717, 1.165) is 29.1 Å². The number of nitrogens with zero attached hydrogens (tertiary/aromatic N) is 2. The molecule has 0 fully saturated rings. The van der Waals surface area contributed by atoms with Crippen LogP contribution in [0.2, 0.25) is 0 Å². The first-order valence-electron chi connectivity index (χ1n) is 8.73. The zero-order valence-electron chi connectivity index (χ0n) is 15.3. The smallest absolute Gasteiger partial charge is 0.270 e. The highest BCUT2D eigenvalue weighted by molar-refractivity contribution is 5.94. The second kappa shape index (κ2) is 7.87. The molecule has 0 saturated heterocycles. The number of rotatable bonds is 6. The molecule has 5 nitrogen and oxygen atoms in total. The summed E-state index contributed by atoms with van der Waals surface area (Å²) in [6, 6.07) is 19.3. The van der Waals surface area contributed by atoms with Crippen LogP contribution in [0.25, 0.3) is 16.9 Å². The third-order valence-electron chi connectivity index (χ3n) is 4.32. The van der Waals surface area contributed by atoms with Crippen LogP contribution in [0, 0.1) is 0 Å². The predicted octanol–water partition coefficient (Wildman–Crippen LogP) is 4.08. The van der Waals surface area contributed by atoms with E-state index in [4.69, 9.17) is 4.74 Å². The largest absolute Gasteiger partial charge is 0.497 e. The minimum Gasteiger partial charge on any atom is -0.497 e. The van der Waals surface area contributed by atoms with Gasteiger partial charge in [-0.2, -0.15) is 5.10 Å². The summed E-state index contributed by atoms with van der Waals surface area (Å²) in [5, 5.41) is 7.69. The zero-order chi connectivity index (χ0) is 18.5. The van der Waals surface area contributed by atoms with Gasteiger partial charge in [-0.3, -0.25) is 4.79 Å². The predicted molar refractivity (Wildman–Crippen MR) is 103 cm³/mol. The summed E-state index contributed by atoms with van der Waals surface area (Å²) in [4.78, 5) is 12.8. The van der Waals surface area contributed by atoms with Gasteiger partial charge in [0.25, 0.3) is 5.91 Å². The highest BCUT2D eigenvalue weighted by Gasteiger charge is 2.18. The third-order valence-corrected chi connectivity index (χ3v) is 4.32. The van der Waals surface area contributed by atoms with Gasteiger partial charge in [-0.1, -0.05) is 37.3 Å². The van der Waals surface area contributed by atoms with Gasteiger partial charge in [0, 0.05) is 11.6 Å². The molecule has 5 heteroatoms. The standard InChI is InChI=1S/C21H23N3O2/c1-4-15(2)22-21(25)20-14-19(16-8-6-5-7-9-16)23-24(20)17-10-12-18(26-3)13-11-17/h5-15H,4H2,1-3H3,(H,22,25)/t15-/m0/s1. The number of ether oxygens (including phenoxy) is 1. The Morgan fingerprint density at radius 2 is 1.85 bits per heavy atom. The molecule has 1 atom stereocenters. The first-order valence-corrected chi connectivity index (χ1v) is 8.73. The van der Waals surface area contributed by atoms with Crippen LogP contribution in [0.4, 0.5) is 0 Å². The fourth-order valence-corrected chi connectivity index (χ4v) is 2.61. The first kappa shape index (κ1) is 17.7. The molecule has 0 unspecified atom stereocenters. The van der Waals surface area contributed by atoms with E-state index in [1.165, 1.54) is 0 Å². The quantitative estimate of drug-likeness (QED) is 0.730. The lowest BCUT2D eigenvalue weighted by Gasteiger charge is -2.12. The maximum absolute atomic E-state index is 12.8. The first-order chi connectivity index (χ1) is 12.6. The van der Waals surface area contributed by atoms with Gasteiger partial charge in [-0.05, 0) is 43.7 Å². The Morgan fingerprint density at radius 1 is 1.15 bits per heavy atom. The van der Waals surface area contributed by atoms with E-state index in [2.05, 4.69) is 10.4 Å². The summed E-state index contributed by atoms with van der Waals surface area (Å²) in [6.07, 6.45) is 0.869. The molecule has 0 aliphatic rings. The van der Waals surface area contributed by atoms with Crippen LogP contribution in [0.1, 0.15) is 30.8 Å². The number of hydrogen-bond donors (Lipinski definition) is 1. The van der Waals surface area contributed by atoms with E-state index in [1.807, 2.05) is 74.5 Å². The minimum absolute atomic E-state index is 0.0990. The van der Waals surface area contributed by atoms with Crippen LogP contribution >= 0.6 is 0 Å². The molecule has 1 heterocycles. The average Bonchev–Trinajstić information content (AvgIpc) is 3.14. The lowest BCUT2D eigenvalue weighted by atomic mass is 10.1. The van der Waals surface area contributed by atoms with Gasteiger partial charge in [0.1, 0.15) is 11.4 Å². The van der Waals surface area contributed by atoms with Crippen LogP contribution < -0.4 is 10.1 Å². The van der Waals surface area contributed by atoms with Crippen LogP contribution in [0.15, 0.2) is 60.7 Å². The molecule has 0 saturated carbocycles. The highest BCUT2D eigenvalue weighted by atomic mass is 16.5. The number of methoxy groups -OCH3 is 1. The summed E-state index contributed by atoms with van der Waals surface area (Å²) in [6.45, 7) is 4.03. The molecule has 1 amide bonds. The molecule has 1 N–H and O–H groups in total. The molecule has 0 spiro atoms. The van der Waals surface area contributed by atoms with E-state index in [0.29, 0.717) is 5.69 Å². The van der Waals surface area contributed by atoms with Gasteiger partial charge >= 0.3 is 0 Å². The van der Waals surface area contributed by atoms with Crippen LogP contribution in [0.5, 0.6) is 5.75 Å². The lowest BCUT2D eigenvalue weighted by Crippen LogP contribution is -2.33. The highest BCUT2D eigenvalue weighted by Crippen LogP contribution is 2.23. The normalized spacial score (nSPS) is 11.8. The van der Waals surface area contributed by atoms with Gasteiger partial charge in [0.2, 0.25) is 0 Å². The third kappa shape index (κ3) is 3.77. The average molecular weight is 349 g/mol. The Balaban J connectivity index is 2.04. The van der Waals surface area contributed by atoms with Crippen LogP contribution in [-0.4, -0.2) is 28.8 Å². The Kier molecular flexibility index (Phi) is 5.37. The number of amides is 1. The van der Waals surface area contributed by atoms with Gasteiger partial charge in [-0.15, -0.1) is 0 Å². The summed E-state index contributed by atoms with van der Waals surface area (Å²) < 4.78 is 6.90. The molecule has 26 heavy (non-hydrogen) atoms. The number of hydrogen-bond acceptors (Lipinski definition) is 3. The fourth-order valence-electron chi connectivity index (χ4n) is 2.61. The van der Waals surface area contributed by atoms with Crippen molar-refractivity contribution in [1.29, 1.82) is 0 Å². The number of carbonyl (C=O) groups is 1. The van der Waals surface area contributed by atoms with Crippen molar-refractivity contribution in [3.63, 3.8) is 0 Å². The van der Waals surface area contributed by atoms with E-state index in [9.17, 15) is 4.79 Å². The topological polar surface area (TPSA) is 56.2 Å². The molecular formula is C21H23N3O2. The molecule has 2 aromatic carbocycles. The second-order valence-corrected chi connectivity index (χ2v) is 6.17. The van der Waals surface area contributed by atoms with Gasteiger partial charge in [0.05, 0.1) is 18.5 Å². The van der Waals surface area contributed by atoms with E-state index >= 15 is 0 Å². The molecule has 1 aromatic heterocycles. The lowest BCUT2D eigenvalue weighted by molar-refractivity contribution is 0.0931. The van der Waals surface area contributed by atoms with Gasteiger partial charge in [-0.25, -0.2) is 4.68 Å². The van der Waals surface area contributed by atoms with Crippen LogP contribution in [-0.2, 0) is 0 Å². The van der Waals surface area contributed by atoms with Crippen molar-refractivity contribution in [2.75, 3.05) is 7.11 Å². The summed E-state index contributed by atoms with van der Waals surface area (Å²) >= 11 is 0. The molecular weight excluding hydrogens is 326 g/mol. The SMILES string of the molecule is CC[C@H](C)NC(=O)c1cc(-c2ccccc2)nn1-c1ccc(OC)cc1. The number of nitrogens with one attached hydrogen (secondary N) is 1. The van der Waals surface area contributed by atoms with Crippen molar-refractivity contribution in [2.45, 2.75) is 26.3 Å². The maximum Gasteiger partial charge on any atom is 0.270 e. The fraction of sp³-hybridized carbons (Fsp3) is 0.238. The maximum atomic E-state index is 12.8. The molecule has 0 aliphatic heterocycles. The second-order valence-electron chi connectivity index (χ2n) is 6.17. The minimum atomic E-state index is -0.134. The summed E-state index contributed by atoms with van der Waals surface area (Å²) in [5.74, 6) is 0.625. The van der Waals surface area contributed by atoms with Crippen molar-refractivity contribution < 1.29 is 9.53 Å². The summed E-state index contributed by atoms with van der Waals surface area (Å²) in [5.41, 5.74) is 3.05. The number of benzene rings is 2. The Morgan fingerprint density at radius 3 is 2.46 bits per heavy atom. The Bertz CT molecular complexity index is 870. The van der Waals surface area contributed by atoms with E-state index in [-0.39, 0.29) is 11.9 Å². The van der Waals surface area contributed by atoms with Crippen molar-refractivity contribution in [3.05, 3.63) is 66.4 Å². The number of aromatic nitrogens is 2. The molecule has 3 rings (SSSR count). The molecule has 134 valence electrons. The van der Waals surface area contributed by atoms with Crippen LogP contribution in [0.3, 0.4) is 0 Å². The van der Waals surface area contributed by atoms with Crippen molar-refractivity contribution in [1.82, 2.24) is 15.1 Å². The van der Waals surface area contributed by atoms with Gasteiger partial charge < -0.3 is 10.1 Å². The molecule has 0 aliphatic carbocycles. The molecule has 3 aromatic rings. The molecule has 0 radical (unpaired) electrons. The zero-order valence-corrected chi connectivity index (χ0v) is 15.3. The molecule has 0 bridgehead atoms. The van der Waals surface area contributed by atoms with E-state index < -0.39 is 0 Å². The Hall–Kier alpha value is -3.08. The van der Waals surface area contributed by atoms with E-state index in [1.54, 1.807) is 11.8 Å². The van der Waals surface area contributed by atoms with Crippen molar-refractivity contribution in [2.24, 2.45) is 0 Å². The van der Waals surface area contributed by atoms with Crippen molar-refractivity contribution in [3.8, 4) is 22.7 Å². The van der Waals surface area contributed by atoms with Gasteiger partial charge in [0.15, 0.2) is 0 Å². The Labute approximate surface area is 153 Å². The summed E-state index contributed by atoms with van der Waals surface area (Å²) in [7, 11) is 1.63. The monoisotopic (exact) mass is 349 g/mol. The van der Waals surface area contributed by atoms with Crippen molar-refractivity contribution >= 4 is 5.91 Å².